The van der Waals surface area contributed by atoms with Gasteiger partial charge in [0.15, 0.2) is 0 Å². The Balaban J connectivity index is 0.000000885. The SMILES string of the molecule is C.CCCBr.COCCN1CCN(c2ccc(Nc3cc(Br)cn(C)c3=O)nc2)CC1. The van der Waals surface area contributed by atoms with Gasteiger partial charge in [-0.1, -0.05) is 30.3 Å². The van der Waals surface area contributed by atoms with E-state index in [1.165, 1.54) is 11.0 Å². The number of aryl methyl sites for hydroxylation is 1. The van der Waals surface area contributed by atoms with Crippen LogP contribution in [0.25, 0.3) is 0 Å². The number of hydrogen-bond donors (Lipinski definition) is 1. The van der Waals surface area contributed by atoms with E-state index >= 15 is 0 Å². The molecule has 1 N–H and O–H groups in total. The van der Waals surface area contributed by atoms with Crippen LogP contribution >= 0.6 is 31.9 Å². The Morgan fingerprint density at radius 3 is 2.45 bits per heavy atom. The predicted molar refractivity (Wildman–Crippen MR) is 138 cm³/mol. The van der Waals surface area contributed by atoms with Gasteiger partial charge in [0.05, 0.1) is 18.5 Å². The summed E-state index contributed by atoms with van der Waals surface area (Å²) in [6, 6.07) is 5.72. The molecule has 1 saturated heterocycles. The van der Waals surface area contributed by atoms with Gasteiger partial charge in [-0.3, -0.25) is 9.69 Å². The van der Waals surface area contributed by atoms with Gasteiger partial charge in [0, 0.05) is 62.9 Å². The minimum atomic E-state index is -0.0914. The first kappa shape index (κ1) is 27.6. The highest BCUT2D eigenvalue weighted by Gasteiger charge is 2.17. The smallest absolute Gasteiger partial charge is 0.274 e. The molecule has 3 heterocycles. The summed E-state index contributed by atoms with van der Waals surface area (Å²) in [6.45, 7) is 7.89. The molecule has 2 aromatic rings. The Hall–Kier alpha value is -1.42. The summed E-state index contributed by atoms with van der Waals surface area (Å²) in [5, 5.41) is 4.23. The molecule has 0 unspecified atom stereocenters. The normalized spacial score (nSPS) is 13.8. The summed E-state index contributed by atoms with van der Waals surface area (Å²) in [4.78, 5) is 21.4. The van der Waals surface area contributed by atoms with Gasteiger partial charge < -0.3 is 19.5 Å². The van der Waals surface area contributed by atoms with Crippen molar-refractivity contribution in [3.05, 3.63) is 45.4 Å². The van der Waals surface area contributed by atoms with E-state index in [1.54, 1.807) is 26.4 Å². The van der Waals surface area contributed by atoms with E-state index in [2.05, 4.69) is 58.9 Å². The Labute approximate surface area is 203 Å². The second kappa shape index (κ2) is 14.6. The number of anilines is 3. The fraction of sp³-hybridized carbons (Fsp3) is 0.545. The standard InChI is InChI=1S/C18H24BrN5O2.C3H7Br.CH4/c1-22-13-14(19)11-16(18(22)25)21-17-4-3-15(12-20-17)24-7-5-23(6-8-24)9-10-26-2;1-2-3-4;/h3-4,11-13H,5-10H2,1-2H3,(H,20,21);2-3H2,1H3;1H4. The molecule has 0 amide bonds. The van der Waals surface area contributed by atoms with E-state index in [1.807, 2.05) is 18.3 Å². The average Bonchev–Trinajstić information content (AvgIpc) is 2.77. The van der Waals surface area contributed by atoms with Crippen molar-refractivity contribution in [1.29, 1.82) is 0 Å². The van der Waals surface area contributed by atoms with Crippen molar-refractivity contribution < 1.29 is 4.74 Å². The first-order valence-corrected chi connectivity index (χ1v) is 12.0. The molecule has 0 bridgehead atoms. The lowest BCUT2D eigenvalue weighted by Gasteiger charge is -2.35. The topological polar surface area (TPSA) is 62.6 Å². The van der Waals surface area contributed by atoms with E-state index in [4.69, 9.17) is 4.74 Å². The highest BCUT2D eigenvalue weighted by Crippen LogP contribution is 2.20. The number of piperazine rings is 1. The van der Waals surface area contributed by atoms with Gasteiger partial charge in [-0.25, -0.2) is 4.98 Å². The number of halogens is 2. The highest BCUT2D eigenvalue weighted by atomic mass is 79.9. The van der Waals surface area contributed by atoms with Crippen molar-refractivity contribution >= 4 is 49.1 Å². The number of pyridine rings is 2. The van der Waals surface area contributed by atoms with Crippen LogP contribution in [0.15, 0.2) is 39.9 Å². The quantitative estimate of drug-likeness (QED) is 0.504. The second-order valence-electron chi connectivity index (χ2n) is 7.03. The Morgan fingerprint density at radius 2 is 1.90 bits per heavy atom. The molecule has 1 aliphatic rings. The minimum absolute atomic E-state index is 0. The van der Waals surface area contributed by atoms with Crippen molar-refractivity contribution in [3.8, 4) is 0 Å². The summed E-state index contributed by atoms with van der Waals surface area (Å²) >= 11 is 6.65. The van der Waals surface area contributed by atoms with Crippen LogP contribution in [-0.4, -0.2) is 66.2 Å². The van der Waals surface area contributed by atoms with Crippen molar-refractivity contribution in [1.82, 2.24) is 14.5 Å². The van der Waals surface area contributed by atoms with E-state index in [0.29, 0.717) is 11.5 Å². The molecular formula is C22H35Br2N5O2. The van der Waals surface area contributed by atoms with Crippen LogP contribution < -0.4 is 15.8 Å². The molecule has 9 heteroatoms. The van der Waals surface area contributed by atoms with Crippen molar-refractivity contribution in [2.75, 3.05) is 62.0 Å². The number of hydrogen-bond acceptors (Lipinski definition) is 6. The molecule has 0 atom stereocenters. The molecule has 174 valence electrons. The molecule has 7 nitrogen and oxygen atoms in total. The summed E-state index contributed by atoms with van der Waals surface area (Å²) in [5.41, 5.74) is 1.50. The average molecular weight is 561 g/mol. The summed E-state index contributed by atoms with van der Waals surface area (Å²) in [5.74, 6) is 0.655. The monoisotopic (exact) mass is 559 g/mol. The van der Waals surface area contributed by atoms with E-state index in [-0.39, 0.29) is 13.0 Å². The molecule has 1 aliphatic heterocycles. The van der Waals surface area contributed by atoms with Gasteiger partial charge >= 0.3 is 0 Å². The summed E-state index contributed by atoms with van der Waals surface area (Å²) < 4.78 is 7.51. The first-order valence-electron chi connectivity index (χ1n) is 10.1. The van der Waals surface area contributed by atoms with Crippen molar-refractivity contribution in [2.45, 2.75) is 20.8 Å². The van der Waals surface area contributed by atoms with E-state index in [9.17, 15) is 4.79 Å². The number of alkyl halides is 1. The lowest BCUT2D eigenvalue weighted by Crippen LogP contribution is -2.47. The van der Waals surface area contributed by atoms with Gasteiger partial charge in [0.2, 0.25) is 0 Å². The van der Waals surface area contributed by atoms with Gasteiger partial charge in [0.25, 0.3) is 5.56 Å². The third kappa shape index (κ3) is 8.92. The number of nitrogens with zero attached hydrogens (tertiary/aromatic N) is 4. The number of ether oxygens (including phenoxy) is 1. The second-order valence-corrected chi connectivity index (χ2v) is 8.73. The molecule has 0 radical (unpaired) electrons. The van der Waals surface area contributed by atoms with Crippen molar-refractivity contribution in [2.24, 2.45) is 7.05 Å². The van der Waals surface area contributed by atoms with Gasteiger partial charge in [-0.15, -0.1) is 0 Å². The summed E-state index contributed by atoms with van der Waals surface area (Å²) in [7, 11) is 3.46. The van der Waals surface area contributed by atoms with Crippen LogP contribution in [-0.2, 0) is 11.8 Å². The lowest BCUT2D eigenvalue weighted by molar-refractivity contribution is 0.144. The lowest BCUT2D eigenvalue weighted by atomic mass is 10.2. The molecular weight excluding hydrogens is 526 g/mol. The number of nitrogens with one attached hydrogen (secondary N) is 1. The van der Waals surface area contributed by atoms with Gasteiger partial charge in [-0.05, 0) is 40.5 Å². The molecule has 0 spiro atoms. The third-order valence-corrected chi connectivity index (χ3v) is 5.93. The molecule has 0 aromatic carbocycles. The maximum atomic E-state index is 12.2. The largest absolute Gasteiger partial charge is 0.383 e. The fourth-order valence-corrected chi connectivity index (χ4v) is 3.53. The zero-order valence-corrected chi connectivity index (χ0v) is 21.1. The fourth-order valence-electron chi connectivity index (χ4n) is 3.00. The molecule has 3 rings (SSSR count). The zero-order valence-electron chi connectivity index (χ0n) is 17.9. The van der Waals surface area contributed by atoms with Crippen LogP contribution in [0.2, 0.25) is 0 Å². The van der Waals surface area contributed by atoms with Crippen LogP contribution in [0.4, 0.5) is 17.2 Å². The number of aromatic nitrogens is 2. The summed E-state index contributed by atoms with van der Waals surface area (Å²) in [6.07, 6.45) is 4.83. The molecule has 1 fully saturated rings. The Bertz CT molecular complexity index is 820. The maximum absolute atomic E-state index is 12.2. The Kier molecular flexibility index (Phi) is 13.0. The van der Waals surface area contributed by atoms with Crippen molar-refractivity contribution in [3.63, 3.8) is 0 Å². The van der Waals surface area contributed by atoms with Crippen LogP contribution in [0.5, 0.6) is 0 Å². The number of rotatable bonds is 7. The highest BCUT2D eigenvalue weighted by molar-refractivity contribution is 9.10. The predicted octanol–water partition coefficient (Wildman–Crippen LogP) is 4.48. The molecule has 0 saturated carbocycles. The third-order valence-electron chi connectivity index (χ3n) is 4.70. The minimum Gasteiger partial charge on any atom is -0.383 e. The van der Waals surface area contributed by atoms with E-state index < -0.39 is 0 Å². The van der Waals surface area contributed by atoms with E-state index in [0.717, 1.165) is 54.8 Å². The number of methoxy groups -OCH3 is 1. The molecule has 31 heavy (non-hydrogen) atoms. The Morgan fingerprint density at radius 1 is 1.23 bits per heavy atom. The molecule has 2 aromatic heterocycles. The first-order chi connectivity index (χ1) is 14.5. The van der Waals surface area contributed by atoms with Gasteiger partial charge in [0.1, 0.15) is 11.5 Å². The van der Waals surface area contributed by atoms with Crippen LogP contribution in [0.3, 0.4) is 0 Å². The van der Waals surface area contributed by atoms with Crippen LogP contribution in [0.1, 0.15) is 20.8 Å². The van der Waals surface area contributed by atoms with Gasteiger partial charge in [-0.2, -0.15) is 0 Å². The zero-order chi connectivity index (χ0) is 21.9. The molecule has 0 aliphatic carbocycles. The van der Waals surface area contributed by atoms with Crippen LogP contribution in [0, 0.1) is 0 Å². The maximum Gasteiger partial charge on any atom is 0.274 e.